The van der Waals surface area contributed by atoms with E-state index in [1.807, 2.05) is 24.4 Å². The second-order valence-corrected chi connectivity index (χ2v) is 10.1. The van der Waals surface area contributed by atoms with Gasteiger partial charge in [0.05, 0.1) is 7.11 Å². The van der Waals surface area contributed by atoms with Crippen molar-refractivity contribution in [2.24, 2.45) is 0 Å². The van der Waals surface area contributed by atoms with Crippen LogP contribution in [0.1, 0.15) is 39.2 Å². The smallest absolute Gasteiger partial charge is 0.407 e. The zero-order chi connectivity index (χ0) is 24.6. The standard InChI is InChI=1S/C26H27FN2O4S/c1-14(13-28-25(31)33-26(2,3)4)16-7-6-15(12-18(16)27)21-20(32-5)9-8-19-22(21)17-10-11-34-23(17)24(30)29-19/h6-12,14H,13H2,1-5H3,(H,28,31)(H,29,30). The topological polar surface area (TPSA) is 80.4 Å². The summed E-state index contributed by atoms with van der Waals surface area (Å²) in [5, 5.41) is 6.17. The van der Waals surface area contributed by atoms with Gasteiger partial charge in [-0.05, 0) is 61.5 Å². The summed E-state index contributed by atoms with van der Waals surface area (Å²) in [6, 6.07) is 10.5. The first-order valence-electron chi connectivity index (χ1n) is 11.0. The summed E-state index contributed by atoms with van der Waals surface area (Å²) >= 11 is 1.36. The number of halogens is 1. The number of H-pyrrole nitrogens is 1. The molecule has 4 rings (SSSR count). The quantitative estimate of drug-likeness (QED) is 0.356. The maximum atomic E-state index is 15.3. The zero-order valence-electron chi connectivity index (χ0n) is 19.7. The molecule has 0 saturated carbocycles. The summed E-state index contributed by atoms with van der Waals surface area (Å²) in [5.41, 5.74) is 1.73. The first-order valence-corrected chi connectivity index (χ1v) is 11.8. The highest BCUT2D eigenvalue weighted by Crippen LogP contribution is 2.41. The number of pyridine rings is 1. The van der Waals surface area contributed by atoms with Crippen LogP contribution in [0, 0.1) is 5.82 Å². The van der Waals surface area contributed by atoms with Crippen molar-refractivity contribution in [3.05, 3.63) is 63.5 Å². The lowest BCUT2D eigenvalue weighted by Gasteiger charge is -2.21. The first-order chi connectivity index (χ1) is 16.1. The van der Waals surface area contributed by atoms with Crippen LogP contribution in [0.25, 0.3) is 32.1 Å². The number of thiophene rings is 1. The number of nitrogens with one attached hydrogen (secondary N) is 2. The number of ether oxygens (including phenoxy) is 2. The number of carbonyl (C=O) groups is 1. The average molecular weight is 483 g/mol. The Balaban J connectivity index is 1.72. The average Bonchev–Trinajstić information content (AvgIpc) is 3.26. The molecule has 4 aromatic rings. The minimum Gasteiger partial charge on any atom is -0.496 e. The molecule has 6 nitrogen and oxygen atoms in total. The van der Waals surface area contributed by atoms with Crippen molar-refractivity contribution >= 4 is 38.4 Å². The number of fused-ring (bicyclic) bond motifs is 3. The van der Waals surface area contributed by atoms with Gasteiger partial charge in [-0.3, -0.25) is 4.79 Å². The maximum absolute atomic E-state index is 15.3. The number of amides is 1. The zero-order valence-corrected chi connectivity index (χ0v) is 20.6. The highest BCUT2D eigenvalue weighted by molar-refractivity contribution is 7.17. The van der Waals surface area contributed by atoms with Gasteiger partial charge in [-0.2, -0.15) is 0 Å². The number of aromatic amines is 1. The van der Waals surface area contributed by atoms with E-state index in [2.05, 4.69) is 10.3 Å². The van der Waals surface area contributed by atoms with Gasteiger partial charge in [0.15, 0.2) is 0 Å². The monoisotopic (exact) mass is 482 g/mol. The van der Waals surface area contributed by atoms with Crippen molar-refractivity contribution in [1.29, 1.82) is 0 Å². The molecule has 0 aliphatic rings. The molecule has 0 saturated heterocycles. The van der Waals surface area contributed by atoms with Crippen LogP contribution in [-0.4, -0.2) is 30.3 Å². The number of methoxy groups -OCH3 is 1. The molecule has 0 radical (unpaired) electrons. The fraction of sp³-hybridized carbons (Fsp3) is 0.308. The van der Waals surface area contributed by atoms with Gasteiger partial charge in [0.1, 0.15) is 21.9 Å². The largest absolute Gasteiger partial charge is 0.496 e. The van der Waals surface area contributed by atoms with Crippen molar-refractivity contribution in [2.45, 2.75) is 39.2 Å². The van der Waals surface area contributed by atoms with Gasteiger partial charge in [0.2, 0.25) is 0 Å². The molecule has 2 aromatic carbocycles. The Hall–Kier alpha value is -3.39. The van der Waals surface area contributed by atoms with E-state index in [1.54, 1.807) is 46.1 Å². The molecule has 8 heteroatoms. The van der Waals surface area contributed by atoms with Crippen molar-refractivity contribution in [2.75, 3.05) is 13.7 Å². The van der Waals surface area contributed by atoms with Crippen LogP contribution in [-0.2, 0) is 4.74 Å². The van der Waals surface area contributed by atoms with E-state index < -0.39 is 11.7 Å². The Labute approximate surface area is 200 Å². The lowest BCUT2D eigenvalue weighted by molar-refractivity contribution is 0.0525. The highest BCUT2D eigenvalue weighted by Gasteiger charge is 2.20. The molecule has 1 amide bonds. The third kappa shape index (κ3) is 4.63. The van der Waals surface area contributed by atoms with Crippen LogP contribution in [0.15, 0.2) is 46.6 Å². The molecule has 178 valence electrons. The molecule has 1 atom stereocenters. The van der Waals surface area contributed by atoms with Gasteiger partial charge in [0.25, 0.3) is 5.56 Å². The van der Waals surface area contributed by atoms with Gasteiger partial charge in [-0.1, -0.05) is 19.1 Å². The molecule has 2 heterocycles. The summed E-state index contributed by atoms with van der Waals surface area (Å²) in [7, 11) is 1.57. The minimum absolute atomic E-state index is 0.151. The number of benzene rings is 2. The fourth-order valence-electron chi connectivity index (χ4n) is 4.03. The van der Waals surface area contributed by atoms with E-state index in [-0.39, 0.29) is 23.8 Å². The van der Waals surface area contributed by atoms with Crippen molar-refractivity contribution in [3.63, 3.8) is 0 Å². The van der Waals surface area contributed by atoms with E-state index in [4.69, 9.17) is 9.47 Å². The SMILES string of the molecule is COc1ccc2[nH]c(=O)c3sccc3c2c1-c1ccc(C(C)CNC(=O)OC(C)(C)C)c(F)c1. The number of hydrogen-bond donors (Lipinski definition) is 2. The lowest BCUT2D eigenvalue weighted by atomic mass is 9.93. The molecule has 0 aliphatic carbocycles. The minimum atomic E-state index is -0.601. The van der Waals surface area contributed by atoms with Crippen LogP contribution >= 0.6 is 11.3 Å². The second-order valence-electron chi connectivity index (χ2n) is 9.20. The van der Waals surface area contributed by atoms with Crippen molar-refractivity contribution in [1.82, 2.24) is 10.3 Å². The third-order valence-electron chi connectivity index (χ3n) is 5.55. The summed E-state index contributed by atoms with van der Waals surface area (Å²) in [5.74, 6) is -0.0733. The predicted octanol–water partition coefficient (Wildman–Crippen LogP) is 6.19. The van der Waals surface area contributed by atoms with Crippen LogP contribution in [0.2, 0.25) is 0 Å². The molecule has 0 spiro atoms. The Bertz CT molecular complexity index is 1430. The third-order valence-corrected chi connectivity index (χ3v) is 6.46. The Kier molecular flexibility index (Phi) is 6.36. The first kappa shape index (κ1) is 23.8. The van der Waals surface area contributed by atoms with Crippen LogP contribution in [0.4, 0.5) is 9.18 Å². The van der Waals surface area contributed by atoms with Crippen LogP contribution in [0.3, 0.4) is 0 Å². The van der Waals surface area contributed by atoms with Gasteiger partial charge in [-0.25, -0.2) is 9.18 Å². The van der Waals surface area contributed by atoms with Gasteiger partial charge >= 0.3 is 6.09 Å². The molecule has 0 bridgehead atoms. The molecular weight excluding hydrogens is 455 g/mol. The number of aromatic nitrogens is 1. The Morgan fingerprint density at radius 2 is 1.97 bits per heavy atom. The second kappa shape index (κ2) is 9.10. The van der Waals surface area contributed by atoms with E-state index in [0.29, 0.717) is 32.7 Å². The molecule has 34 heavy (non-hydrogen) atoms. The van der Waals surface area contributed by atoms with E-state index in [0.717, 1.165) is 10.8 Å². The number of hydrogen-bond acceptors (Lipinski definition) is 5. The van der Waals surface area contributed by atoms with Gasteiger partial charge in [0, 0.05) is 34.3 Å². The van der Waals surface area contributed by atoms with Crippen LogP contribution in [0.5, 0.6) is 5.75 Å². The van der Waals surface area contributed by atoms with E-state index in [9.17, 15) is 9.59 Å². The number of carbonyl (C=O) groups excluding carboxylic acids is 1. The van der Waals surface area contributed by atoms with Gasteiger partial charge < -0.3 is 19.8 Å². The Morgan fingerprint density at radius 3 is 2.65 bits per heavy atom. The molecule has 2 N–H and O–H groups in total. The summed E-state index contributed by atoms with van der Waals surface area (Å²) in [4.78, 5) is 27.3. The Morgan fingerprint density at radius 1 is 1.21 bits per heavy atom. The van der Waals surface area contributed by atoms with E-state index in [1.165, 1.54) is 17.4 Å². The molecule has 0 aliphatic heterocycles. The molecule has 1 unspecified atom stereocenters. The molecule has 2 aromatic heterocycles. The molecular formula is C26H27FN2O4S. The highest BCUT2D eigenvalue weighted by atomic mass is 32.1. The van der Waals surface area contributed by atoms with Crippen molar-refractivity contribution in [3.8, 4) is 16.9 Å². The van der Waals surface area contributed by atoms with Crippen molar-refractivity contribution < 1.29 is 18.7 Å². The number of rotatable bonds is 5. The fourth-order valence-corrected chi connectivity index (χ4v) is 4.82. The maximum Gasteiger partial charge on any atom is 0.407 e. The summed E-state index contributed by atoms with van der Waals surface area (Å²) in [6.45, 7) is 7.44. The summed E-state index contributed by atoms with van der Waals surface area (Å²) < 4.78 is 26.8. The molecule has 0 fully saturated rings. The number of alkyl carbamates (subject to hydrolysis) is 1. The van der Waals surface area contributed by atoms with E-state index >= 15 is 4.39 Å². The summed E-state index contributed by atoms with van der Waals surface area (Å²) in [6.07, 6.45) is -0.536. The predicted molar refractivity (Wildman–Crippen MR) is 135 cm³/mol. The van der Waals surface area contributed by atoms with Gasteiger partial charge in [-0.15, -0.1) is 11.3 Å². The lowest BCUT2D eigenvalue weighted by Crippen LogP contribution is -2.34. The van der Waals surface area contributed by atoms with Crippen LogP contribution < -0.4 is 15.6 Å². The normalized spacial score (nSPS) is 12.6.